The monoisotopic (exact) mass is 410 g/mol. The Balaban J connectivity index is 1.66. The van der Waals surface area contributed by atoms with Crippen LogP contribution in [0.1, 0.15) is 25.7 Å². The zero-order valence-corrected chi connectivity index (χ0v) is 18.0. The first-order valence-electron chi connectivity index (χ1n) is 9.57. The first-order chi connectivity index (χ1) is 13.0. The number of thioether (sulfide) groups is 1. The summed E-state index contributed by atoms with van der Waals surface area (Å²) in [5.41, 5.74) is 0. The fourth-order valence-corrected chi connectivity index (χ4v) is 4.71. The molecule has 27 heavy (non-hydrogen) atoms. The van der Waals surface area contributed by atoms with E-state index in [2.05, 4.69) is 18.5 Å². The Kier molecular flexibility index (Phi) is 9.52. The smallest absolute Gasteiger partial charge is 0.410 e. The molecule has 0 radical (unpaired) electrons. The number of likely N-dealkylation sites (N-methyl/N-ethyl adjacent to an activating group) is 1. The third kappa shape index (κ3) is 7.76. The van der Waals surface area contributed by atoms with Crippen molar-refractivity contribution in [3.05, 3.63) is 41.9 Å². The van der Waals surface area contributed by atoms with Crippen molar-refractivity contribution in [2.75, 3.05) is 38.7 Å². The van der Waals surface area contributed by atoms with Gasteiger partial charge in [0, 0.05) is 37.0 Å². The Labute approximate surface area is 172 Å². The van der Waals surface area contributed by atoms with Crippen LogP contribution in [0, 0.1) is 5.92 Å². The van der Waals surface area contributed by atoms with Crippen LogP contribution in [-0.2, 0) is 0 Å². The second-order valence-electron chi connectivity index (χ2n) is 7.23. The van der Waals surface area contributed by atoms with Gasteiger partial charge < -0.3 is 14.5 Å². The SMILES string of the molecule is C=CCN(C)CCSC[C@H]1CC[C@H](N(C)C(=O)Oc2ccc(Cl)cc2)CC1. The lowest BCUT2D eigenvalue weighted by Gasteiger charge is -2.34. The van der Waals surface area contributed by atoms with E-state index in [0.29, 0.717) is 10.8 Å². The molecule has 1 saturated carbocycles. The second kappa shape index (κ2) is 11.6. The van der Waals surface area contributed by atoms with E-state index in [1.54, 1.807) is 29.2 Å². The molecule has 1 amide bonds. The summed E-state index contributed by atoms with van der Waals surface area (Å²) >= 11 is 7.90. The predicted molar refractivity (Wildman–Crippen MR) is 116 cm³/mol. The molecule has 0 saturated heterocycles. The maximum Gasteiger partial charge on any atom is 0.415 e. The van der Waals surface area contributed by atoms with Gasteiger partial charge in [-0.05, 0) is 68.7 Å². The van der Waals surface area contributed by atoms with Gasteiger partial charge in [-0.3, -0.25) is 0 Å². The zero-order chi connectivity index (χ0) is 19.6. The first-order valence-corrected chi connectivity index (χ1v) is 11.1. The van der Waals surface area contributed by atoms with Crippen LogP contribution < -0.4 is 4.74 Å². The normalized spacial score (nSPS) is 19.7. The van der Waals surface area contributed by atoms with Crippen molar-refractivity contribution in [3.8, 4) is 5.75 Å². The number of rotatable bonds is 9. The van der Waals surface area contributed by atoms with Gasteiger partial charge in [-0.25, -0.2) is 4.79 Å². The van der Waals surface area contributed by atoms with Crippen molar-refractivity contribution in [1.29, 1.82) is 0 Å². The molecule has 6 heteroatoms. The number of carbonyl (C=O) groups excluding carboxylic acids is 1. The Morgan fingerprint density at radius 3 is 2.56 bits per heavy atom. The van der Waals surface area contributed by atoms with Crippen LogP contribution >= 0.6 is 23.4 Å². The van der Waals surface area contributed by atoms with Crippen molar-refractivity contribution < 1.29 is 9.53 Å². The molecule has 0 aliphatic heterocycles. The Bertz CT molecular complexity index is 588. The summed E-state index contributed by atoms with van der Waals surface area (Å²) in [5, 5.41) is 0.631. The highest BCUT2D eigenvalue weighted by Gasteiger charge is 2.27. The van der Waals surface area contributed by atoms with Crippen molar-refractivity contribution in [2.45, 2.75) is 31.7 Å². The molecule has 1 aliphatic carbocycles. The van der Waals surface area contributed by atoms with Crippen molar-refractivity contribution in [1.82, 2.24) is 9.80 Å². The van der Waals surface area contributed by atoms with E-state index >= 15 is 0 Å². The highest BCUT2D eigenvalue weighted by Crippen LogP contribution is 2.30. The third-order valence-corrected chi connectivity index (χ3v) is 6.51. The van der Waals surface area contributed by atoms with Gasteiger partial charge in [0.2, 0.25) is 0 Å². The third-order valence-electron chi connectivity index (χ3n) is 5.08. The summed E-state index contributed by atoms with van der Waals surface area (Å²) in [6.07, 6.45) is 6.11. The van der Waals surface area contributed by atoms with Gasteiger partial charge >= 0.3 is 6.09 Å². The number of nitrogens with zero attached hydrogens (tertiary/aromatic N) is 2. The van der Waals surface area contributed by atoms with Crippen LogP contribution in [0.4, 0.5) is 4.79 Å². The van der Waals surface area contributed by atoms with Gasteiger partial charge in [-0.15, -0.1) is 6.58 Å². The van der Waals surface area contributed by atoms with Crippen molar-refractivity contribution in [2.24, 2.45) is 5.92 Å². The lowest BCUT2D eigenvalue weighted by molar-refractivity contribution is 0.127. The summed E-state index contributed by atoms with van der Waals surface area (Å²) < 4.78 is 5.45. The molecule has 4 nitrogen and oxygen atoms in total. The zero-order valence-electron chi connectivity index (χ0n) is 16.4. The highest BCUT2D eigenvalue weighted by atomic mass is 35.5. The van der Waals surface area contributed by atoms with Gasteiger partial charge in [0.05, 0.1) is 0 Å². The quantitative estimate of drug-likeness (QED) is 0.414. The molecule has 0 spiro atoms. The van der Waals surface area contributed by atoms with Crippen LogP contribution in [0.5, 0.6) is 5.75 Å². The minimum absolute atomic E-state index is 0.268. The summed E-state index contributed by atoms with van der Waals surface area (Å²) in [7, 11) is 3.97. The topological polar surface area (TPSA) is 32.8 Å². The summed E-state index contributed by atoms with van der Waals surface area (Å²) in [4.78, 5) is 16.4. The van der Waals surface area contributed by atoms with E-state index in [1.807, 2.05) is 24.9 Å². The predicted octanol–water partition coefficient (Wildman–Crippen LogP) is 5.18. The van der Waals surface area contributed by atoms with E-state index in [-0.39, 0.29) is 12.1 Å². The van der Waals surface area contributed by atoms with E-state index in [4.69, 9.17) is 16.3 Å². The van der Waals surface area contributed by atoms with E-state index in [1.165, 1.54) is 18.6 Å². The molecule has 0 N–H and O–H groups in total. The van der Waals surface area contributed by atoms with E-state index in [0.717, 1.165) is 37.6 Å². The molecule has 1 aliphatic rings. The largest absolute Gasteiger partial charge is 0.415 e. The number of ether oxygens (including phenoxy) is 1. The molecule has 1 aromatic rings. The van der Waals surface area contributed by atoms with Crippen LogP contribution in [0.2, 0.25) is 5.02 Å². The first kappa shape index (κ1) is 22.1. The summed E-state index contributed by atoms with van der Waals surface area (Å²) in [6, 6.07) is 7.15. The molecule has 0 heterocycles. The Morgan fingerprint density at radius 2 is 1.93 bits per heavy atom. The molecule has 0 bridgehead atoms. The standard InChI is InChI=1S/C21H31ClN2O2S/c1-4-13-23(2)14-15-27-16-17-5-9-19(10-6-17)24(3)21(25)26-20-11-7-18(22)8-12-20/h4,7-8,11-12,17,19H,1,5-6,9-10,13-16H2,2-3H3/t17-,19-. The molecule has 0 aromatic heterocycles. The lowest BCUT2D eigenvalue weighted by atomic mass is 9.87. The number of benzene rings is 1. The minimum Gasteiger partial charge on any atom is -0.410 e. The molecule has 0 unspecified atom stereocenters. The number of carbonyl (C=O) groups is 1. The average Bonchev–Trinajstić information content (AvgIpc) is 2.67. The summed E-state index contributed by atoms with van der Waals surface area (Å²) in [6.45, 7) is 5.82. The Hall–Kier alpha value is -1.17. The van der Waals surface area contributed by atoms with E-state index in [9.17, 15) is 4.79 Å². The number of hydrogen-bond acceptors (Lipinski definition) is 4. The fourth-order valence-electron chi connectivity index (χ4n) is 3.31. The minimum atomic E-state index is -0.291. The van der Waals surface area contributed by atoms with Gasteiger partial charge in [-0.2, -0.15) is 11.8 Å². The van der Waals surface area contributed by atoms with Gasteiger partial charge in [0.25, 0.3) is 0 Å². The number of amides is 1. The maximum absolute atomic E-state index is 12.4. The number of halogens is 1. The molecular weight excluding hydrogens is 380 g/mol. The van der Waals surface area contributed by atoms with Crippen LogP contribution in [0.3, 0.4) is 0 Å². The molecule has 2 rings (SSSR count). The Morgan fingerprint density at radius 1 is 1.26 bits per heavy atom. The van der Waals surface area contributed by atoms with Crippen molar-refractivity contribution >= 4 is 29.5 Å². The average molecular weight is 411 g/mol. The summed E-state index contributed by atoms with van der Waals surface area (Å²) in [5.74, 6) is 3.67. The van der Waals surface area contributed by atoms with Crippen LogP contribution in [0.15, 0.2) is 36.9 Å². The van der Waals surface area contributed by atoms with Crippen LogP contribution in [-0.4, -0.2) is 60.6 Å². The van der Waals surface area contributed by atoms with Gasteiger partial charge in [0.15, 0.2) is 0 Å². The molecule has 1 fully saturated rings. The highest BCUT2D eigenvalue weighted by molar-refractivity contribution is 7.99. The second-order valence-corrected chi connectivity index (χ2v) is 8.82. The molecule has 150 valence electrons. The van der Waals surface area contributed by atoms with Crippen molar-refractivity contribution in [3.63, 3.8) is 0 Å². The number of hydrogen-bond donors (Lipinski definition) is 0. The van der Waals surface area contributed by atoms with Gasteiger partial charge in [-0.1, -0.05) is 17.7 Å². The molecule has 0 atom stereocenters. The maximum atomic E-state index is 12.4. The van der Waals surface area contributed by atoms with E-state index < -0.39 is 0 Å². The van der Waals surface area contributed by atoms with Crippen LogP contribution in [0.25, 0.3) is 0 Å². The van der Waals surface area contributed by atoms with Gasteiger partial charge in [0.1, 0.15) is 5.75 Å². The lowest BCUT2D eigenvalue weighted by Crippen LogP contribution is -2.41. The molecular formula is C21H31ClN2O2S. The fraction of sp³-hybridized carbons (Fsp3) is 0.571. The molecule has 1 aromatic carbocycles.